The fourth-order valence-electron chi connectivity index (χ4n) is 3.89. The zero-order chi connectivity index (χ0) is 17.4. The molecule has 134 valence electrons. The van der Waals surface area contributed by atoms with Crippen LogP contribution < -0.4 is 11.1 Å². The summed E-state index contributed by atoms with van der Waals surface area (Å²) in [7, 11) is 0. The number of hydrogen-bond donors (Lipinski definition) is 2. The molecule has 1 amide bonds. The van der Waals surface area contributed by atoms with E-state index in [9.17, 15) is 4.79 Å². The van der Waals surface area contributed by atoms with Crippen LogP contribution in [0, 0.1) is 6.92 Å². The smallest absolute Gasteiger partial charge is 0.251 e. The Kier molecular flexibility index (Phi) is 4.62. The molecule has 6 nitrogen and oxygen atoms in total. The maximum Gasteiger partial charge on any atom is 0.251 e. The predicted molar refractivity (Wildman–Crippen MR) is 100 cm³/mol. The molecule has 1 aromatic carbocycles. The van der Waals surface area contributed by atoms with E-state index < -0.39 is 0 Å². The van der Waals surface area contributed by atoms with E-state index in [1.165, 1.54) is 30.6 Å². The Hall–Kier alpha value is -1.70. The van der Waals surface area contributed by atoms with Gasteiger partial charge in [-0.05, 0) is 50.6 Å². The summed E-state index contributed by atoms with van der Waals surface area (Å²) in [5.41, 5.74) is 8.33. The largest absolute Gasteiger partial charge is 0.378 e. The molecule has 0 bridgehead atoms. The summed E-state index contributed by atoms with van der Waals surface area (Å²) >= 11 is 1.42. The second-order valence-corrected chi connectivity index (χ2v) is 8.04. The highest BCUT2D eigenvalue weighted by atomic mass is 32.1. The summed E-state index contributed by atoms with van der Waals surface area (Å²) in [6.07, 6.45) is 3.78. The Morgan fingerprint density at radius 2 is 2.12 bits per heavy atom. The fourth-order valence-corrected chi connectivity index (χ4v) is 4.74. The number of piperidine rings is 1. The molecule has 0 aliphatic carbocycles. The van der Waals surface area contributed by atoms with E-state index in [2.05, 4.69) is 15.2 Å². The normalized spacial score (nSPS) is 24.7. The van der Waals surface area contributed by atoms with Gasteiger partial charge in [0.1, 0.15) is 0 Å². The summed E-state index contributed by atoms with van der Waals surface area (Å²) in [6.45, 7) is 5.46. The highest BCUT2D eigenvalue weighted by Crippen LogP contribution is 2.28. The molecule has 4 rings (SSSR count). The van der Waals surface area contributed by atoms with E-state index in [1.54, 1.807) is 0 Å². The summed E-state index contributed by atoms with van der Waals surface area (Å²) in [5.74, 6) is -0.0468. The Morgan fingerprint density at radius 1 is 1.32 bits per heavy atom. The van der Waals surface area contributed by atoms with Crippen LogP contribution in [0.3, 0.4) is 0 Å². The summed E-state index contributed by atoms with van der Waals surface area (Å²) in [5, 5.41) is 3.72. The number of carbonyl (C=O) groups excluding carboxylic acids is 1. The van der Waals surface area contributed by atoms with Gasteiger partial charge in [0, 0.05) is 5.56 Å². The van der Waals surface area contributed by atoms with Crippen LogP contribution in [-0.4, -0.2) is 54.2 Å². The number of thiazole rings is 1. The van der Waals surface area contributed by atoms with Crippen LogP contribution in [-0.2, 0) is 4.74 Å². The van der Waals surface area contributed by atoms with E-state index in [0.717, 1.165) is 28.9 Å². The van der Waals surface area contributed by atoms with Crippen LogP contribution in [0.15, 0.2) is 12.1 Å². The number of rotatable bonds is 3. The molecule has 2 fully saturated rings. The van der Waals surface area contributed by atoms with Crippen molar-refractivity contribution in [2.24, 2.45) is 0 Å². The SMILES string of the molecule is Cc1cc(C(=O)N[C@H]2COC[C@@H]2N2CCCCC2)cc2sc(N)nc12. The van der Waals surface area contributed by atoms with E-state index in [1.807, 2.05) is 19.1 Å². The third-order valence-electron chi connectivity index (χ3n) is 5.19. The van der Waals surface area contributed by atoms with Gasteiger partial charge >= 0.3 is 0 Å². The first-order chi connectivity index (χ1) is 12.1. The lowest BCUT2D eigenvalue weighted by molar-refractivity contribution is 0.0900. The summed E-state index contributed by atoms with van der Waals surface area (Å²) in [6, 6.07) is 4.11. The molecule has 2 aliphatic heterocycles. The molecule has 3 N–H and O–H groups in total. The zero-order valence-electron chi connectivity index (χ0n) is 14.5. The molecule has 2 atom stereocenters. The Morgan fingerprint density at radius 3 is 2.92 bits per heavy atom. The first kappa shape index (κ1) is 16.8. The molecule has 2 aromatic rings. The second kappa shape index (κ2) is 6.90. The maximum absolute atomic E-state index is 12.8. The lowest BCUT2D eigenvalue weighted by Gasteiger charge is -2.34. The molecule has 3 heterocycles. The van der Waals surface area contributed by atoms with Crippen molar-refractivity contribution < 1.29 is 9.53 Å². The van der Waals surface area contributed by atoms with Gasteiger partial charge in [-0.25, -0.2) is 4.98 Å². The van der Waals surface area contributed by atoms with Crippen LogP contribution in [0.4, 0.5) is 5.13 Å². The Bertz CT molecular complexity index is 785. The number of nitrogens with zero attached hydrogens (tertiary/aromatic N) is 2. The number of amides is 1. The minimum atomic E-state index is -0.0468. The van der Waals surface area contributed by atoms with Crippen molar-refractivity contribution in [2.75, 3.05) is 32.0 Å². The van der Waals surface area contributed by atoms with E-state index in [-0.39, 0.29) is 18.0 Å². The van der Waals surface area contributed by atoms with Gasteiger partial charge in [-0.15, -0.1) is 0 Å². The monoisotopic (exact) mass is 360 g/mol. The fraction of sp³-hybridized carbons (Fsp3) is 0.556. The number of nitrogens with two attached hydrogens (primary N) is 1. The predicted octanol–water partition coefficient (Wildman–Crippen LogP) is 2.17. The van der Waals surface area contributed by atoms with Gasteiger partial charge in [0.2, 0.25) is 0 Å². The van der Waals surface area contributed by atoms with Crippen LogP contribution in [0.5, 0.6) is 0 Å². The molecule has 1 aromatic heterocycles. The number of nitrogen functional groups attached to an aromatic ring is 1. The van der Waals surface area contributed by atoms with Gasteiger partial charge < -0.3 is 15.8 Å². The first-order valence-corrected chi connectivity index (χ1v) is 9.73. The summed E-state index contributed by atoms with van der Waals surface area (Å²) in [4.78, 5) is 19.6. The van der Waals surface area contributed by atoms with E-state index in [4.69, 9.17) is 10.5 Å². The van der Waals surface area contributed by atoms with Crippen molar-refractivity contribution >= 4 is 32.6 Å². The van der Waals surface area contributed by atoms with Crippen LogP contribution >= 0.6 is 11.3 Å². The standard InChI is InChI=1S/C18H24N4O2S/c1-11-7-12(8-15-16(11)21-18(19)25-15)17(23)20-13-9-24-10-14(13)22-5-3-2-4-6-22/h7-8,13-14H,2-6,9-10H2,1H3,(H2,19,21)(H,20,23)/t13-,14-/m0/s1. The molecular formula is C18H24N4O2S. The minimum Gasteiger partial charge on any atom is -0.378 e. The van der Waals surface area contributed by atoms with Gasteiger partial charge in [0.15, 0.2) is 5.13 Å². The average molecular weight is 360 g/mol. The van der Waals surface area contributed by atoms with Crippen molar-refractivity contribution in [1.82, 2.24) is 15.2 Å². The topological polar surface area (TPSA) is 80.5 Å². The third kappa shape index (κ3) is 3.36. The number of ether oxygens (including phenoxy) is 1. The number of likely N-dealkylation sites (tertiary alicyclic amines) is 1. The summed E-state index contributed by atoms with van der Waals surface area (Å²) < 4.78 is 6.63. The minimum absolute atomic E-state index is 0.0468. The molecule has 2 saturated heterocycles. The Balaban J connectivity index is 1.51. The van der Waals surface area contributed by atoms with Gasteiger partial charge in [-0.3, -0.25) is 9.69 Å². The number of carbonyl (C=O) groups is 1. The van der Waals surface area contributed by atoms with E-state index >= 15 is 0 Å². The lowest BCUT2D eigenvalue weighted by atomic mass is 10.0. The number of anilines is 1. The first-order valence-electron chi connectivity index (χ1n) is 8.91. The highest BCUT2D eigenvalue weighted by molar-refractivity contribution is 7.22. The molecule has 7 heteroatoms. The molecule has 0 radical (unpaired) electrons. The van der Waals surface area contributed by atoms with Crippen molar-refractivity contribution in [2.45, 2.75) is 38.3 Å². The van der Waals surface area contributed by atoms with Crippen molar-refractivity contribution in [3.8, 4) is 0 Å². The quantitative estimate of drug-likeness (QED) is 0.877. The Labute approximate surface area is 151 Å². The third-order valence-corrected chi connectivity index (χ3v) is 6.02. The van der Waals surface area contributed by atoms with E-state index in [0.29, 0.717) is 23.9 Å². The lowest BCUT2D eigenvalue weighted by Crippen LogP contribution is -2.52. The van der Waals surface area contributed by atoms with Gasteiger partial charge in [-0.2, -0.15) is 0 Å². The molecular weight excluding hydrogens is 336 g/mol. The van der Waals surface area contributed by atoms with Crippen molar-refractivity contribution in [3.05, 3.63) is 23.3 Å². The highest BCUT2D eigenvalue weighted by Gasteiger charge is 2.34. The molecule has 0 spiro atoms. The average Bonchev–Trinajstić information content (AvgIpc) is 3.21. The van der Waals surface area contributed by atoms with Gasteiger partial charge in [0.05, 0.1) is 35.5 Å². The number of aromatic nitrogens is 1. The molecule has 2 aliphatic rings. The van der Waals surface area contributed by atoms with Crippen molar-refractivity contribution in [1.29, 1.82) is 0 Å². The van der Waals surface area contributed by atoms with Crippen molar-refractivity contribution in [3.63, 3.8) is 0 Å². The number of nitrogens with one attached hydrogen (secondary N) is 1. The zero-order valence-corrected chi connectivity index (χ0v) is 15.3. The number of aryl methyl sites for hydroxylation is 1. The van der Waals surface area contributed by atoms with Gasteiger partial charge in [-0.1, -0.05) is 17.8 Å². The molecule has 25 heavy (non-hydrogen) atoms. The maximum atomic E-state index is 12.8. The van der Waals surface area contributed by atoms with Crippen LogP contribution in [0.2, 0.25) is 0 Å². The molecule has 0 saturated carbocycles. The van der Waals surface area contributed by atoms with Crippen LogP contribution in [0.25, 0.3) is 10.2 Å². The number of benzene rings is 1. The molecule has 0 unspecified atom stereocenters. The van der Waals surface area contributed by atoms with Gasteiger partial charge in [0.25, 0.3) is 5.91 Å². The second-order valence-electron chi connectivity index (χ2n) is 6.97. The number of fused-ring (bicyclic) bond motifs is 1. The number of hydrogen-bond acceptors (Lipinski definition) is 6. The van der Waals surface area contributed by atoms with Crippen LogP contribution in [0.1, 0.15) is 35.2 Å².